The molecule has 97 heavy (non-hydrogen) atoms. The number of hydrogen-bond acceptors (Lipinski definition) is 6. The minimum absolute atomic E-state index is 0.573. The van der Waals surface area contributed by atoms with E-state index in [0.29, 0.717) is 41.4 Å². The molecule has 1 aliphatic carbocycles. The monoisotopic (exact) mass is 1240 g/mol. The lowest BCUT2D eigenvalue weighted by Crippen LogP contribution is -2.03. The van der Waals surface area contributed by atoms with Gasteiger partial charge in [-0.05, 0) is 112 Å². The van der Waals surface area contributed by atoms with E-state index in [1.807, 2.05) is 84.9 Å². The number of hydrogen-bond donors (Lipinski definition) is 0. The van der Waals surface area contributed by atoms with E-state index in [2.05, 4.69) is 253 Å². The van der Waals surface area contributed by atoms with Gasteiger partial charge in [-0.1, -0.05) is 280 Å². The molecule has 17 rings (SSSR count). The highest BCUT2D eigenvalue weighted by atomic mass is 15.0. The van der Waals surface area contributed by atoms with E-state index >= 15 is 0 Å². The van der Waals surface area contributed by atoms with Gasteiger partial charge in [0.1, 0.15) is 0 Å². The summed E-state index contributed by atoms with van der Waals surface area (Å²) in [7, 11) is 0. The Kier molecular flexibility index (Phi) is 14.9. The third-order valence-electron chi connectivity index (χ3n) is 18.7. The van der Waals surface area contributed by atoms with Crippen LogP contribution in [0.4, 0.5) is 0 Å². The van der Waals surface area contributed by atoms with Crippen LogP contribution in [0.2, 0.25) is 0 Å². The second-order valence-corrected chi connectivity index (χ2v) is 24.6. The molecular weight excluding hydrogens is 1180 g/mol. The predicted molar refractivity (Wildman–Crippen MR) is 400 cm³/mol. The zero-order valence-corrected chi connectivity index (χ0v) is 53.1. The lowest BCUT2D eigenvalue weighted by atomic mass is 9.88. The highest BCUT2D eigenvalue weighted by Gasteiger charge is 2.24. The Morgan fingerprint density at radius 3 is 1.36 bits per heavy atom. The van der Waals surface area contributed by atoms with Crippen LogP contribution in [0, 0.1) is 0 Å². The Bertz CT molecular complexity index is 5710. The molecule has 4 heterocycles. The third kappa shape index (κ3) is 10.8. The molecule has 1 aliphatic rings. The van der Waals surface area contributed by atoms with Crippen LogP contribution in [0.3, 0.4) is 0 Å². The zero-order chi connectivity index (χ0) is 64.8. The van der Waals surface area contributed by atoms with E-state index in [1.54, 1.807) is 0 Å². The molecular formula is C89H62N8. The fraction of sp³-hybridized carbons (Fsp3) is 0.0337. The Hall–Kier alpha value is -12.8. The van der Waals surface area contributed by atoms with Crippen LogP contribution in [0.25, 0.3) is 157 Å². The van der Waals surface area contributed by atoms with Crippen LogP contribution in [-0.2, 0) is 6.42 Å². The van der Waals surface area contributed by atoms with E-state index in [1.165, 1.54) is 54.9 Å². The first-order valence-corrected chi connectivity index (χ1v) is 32.9. The molecule has 458 valence electrons. The molecule has 16 aromatic rings. The standard InChI is InChI=1S/C89H62N8/c1-3-58(2)71-53-50-68(89-93-84(61-27-8-4-9-28-61)90-85(94-89)62-29-10-5-11-30-62)57-79(71)72-39-17-16-33-64(72)54-59-26-22-35-66(55-59)87-91-86(63-31-12-6-13-32-63)92-88(95-87)67-36-23-34-65(56-67)74-43-25-45-78-77-44-24-42-73(82(77)97(83(74)78)69-37-14-7-15-38-69)60-48-51-70(52-49-60)96-80-46-20-18-40-75(80)76-41-19-21-47-81(76)96/h3-48,50-51,53,55-57H,1-2,49,52,54H2. The van der Waals surface area contributed by atoms with Crippen LogP contribution in [0.1, 0.15) is 35.1 Å². The maximum absolute atomic E-state index is 5.38. The summed E-state index contributed by atoms with van der Waals surface area (Å²) in [6, 6.07) is 104. The van der Waals surface area contributed by atoms with Gasteiger partial charge >= 0.3 is 0 Å². The quantitative estimate of drug-likeness (QED) is 0.0951. The molecule has 4 aromatic heterocycles. The van der Waals surface area contributed by atoms with E-state index in [9.17, 15) is 0 Å². The normalized spacial score (nSPS) is 12.3. The Morgan fingerprint density at radius 2 is 0.784 bits per heavy atom. The van der Waals surface area contributed by atoms with Crippen molar-refractivity contribution in [3.05, 3.63) is 351 Å². The minimum atomic E-state index is 0.573. The van der Waals surface area contributed by atoms with Gasteiger partial charge in [-0.15, -0.1) is 0 Å². The predicted octanol–water partition coefficient (Wildman–Crippen LogP) is 22.1. The average Bonchev–Trinajstić information content (AvgIpc) is 1.59. The Balaban J connectivity index is 0.742. The highest BCUT2D eigenvalue weighted by Crippen LogP contribution is 2.45. The molecule has 0 radical (unpaired) electrons. The fourth-order valence-corrected chi connectivity index (χ4v) is 14.1. The lowest BCUT2D eigenvalue weighted by Gasteiger charge is -2.20. The van der Waals surface area contributed by atoms with Gasteiger partial charge in [0.05, 0.1) is 22.1 Å². The van der Waals surface area contributed by atoms with E-state index < -0.39 is 0 Å². The number of benzene rings is 12. The molecule has 0 unspecified atom stereocenters. The second-order valence-electron chi connectivity index (χ2n) is 24.6. The zero-order valence-electron chi connectivity index (χ0n) is 53.1. The van der Waals surface area contributed by atoms with Crippen LogP contribution in [0.5, 0.6) is 0 Å². The first kappa shape index (κ1) is 58.1. The minimum Gasteiger partial charge on any atom is -0.313 e. The summed E-state index contributed by atoms with van der Waals surface area (Å²) < 4.78 is 4.95. The molecule has 0 aliphatic heterocycles. The first-order chi connectivity index (χ1) is 48.0. The van der Waals surface area contributed by atoms with Crippen LogP contribution in [0.15, 0.2) is 329 Å². The van der Waals surface area contributed by atoms with Gasteiger partial charge in [0.25, 0.3) is 0 Å². The smallest absolute Gasteiger partial charge is 0.164 e. The van der Waals surface area contributed by atoms with Crippen molar-refractivity contribution < 1.29 is 0 Å². The largest absolute Gasteiger partial charge is 0.313 e. The van der Waals surface area contributed by atoms with Gasteiger partial charge in [-0.3, -0.25) is 0 Å². The summed E-state index contributed by atoms with van der Waals surface area (Å²) in [5, 5.41) is 4.94. The lowest BCUT2D eigenvalue weighted by molar-refractivity contribution is 0.992. The van der Waals surface area contributed by atoms with Crippen LogP contribution < -0.4 is 0 Å². The van der Waals surface area contributed by atoms with E-state index in [-0.39, 0.29) is 0 Å². The molecule has 0 saturated heterocycles. The topological polar surface area (TPSA) is 87.2 Å². The molecule has 0 spiro atoms. The number of allylic oxidation sites excluding steroid dienone is 6. The second kappa shape index (κ2) is 24.9. The van der Waals surface area contributed by atoms with E-state index in [0.717, 1.165) is 102 Å². The summed E-state index contributed by atoms with van der Waals surface area (Å²) in [5.41, 5.74) is 23.3. The van der Waals surface area contributed by atoms with Gasteiger partial charge in [-0.25, -0.2) is 29.9 Å². The molecule has 8 heteroatoms. The summed E-state index contributed by atoms with van der Waals surface area (Å²) in [5.74, 6) is 3.53. The van der Waals surface area contributed by atoms with Gasteiger partial charge in [-0.2, -0.15) is 0 Å². The molecule has 0 saturated carbocycles. The Labute approximate surface area is 562 Å². The number of rotatable bonds is 15. The summed E-state index contributed by atoms with van der Waals surface area (Å²) in [6.45, 7) is 8.62. The Morgan fingerprint density at radius 1 is 0.340 bits per heavy atom. The molecule has 0 atom stereocenters. The van der Waals surface area contributed by atoms with Crippen molar-refractivity contribution in [2.24, 2.45) is 0 Å². The van der Waals surface area contributed by atoms with Gasteiger partial charge in [0, 0.05) is 77.4 Å². The molecule has 0 N–H and O–H groups in total. The summed E-state index contributed by atoms with van der Waals surface area (Å²) in [6.07, 6.45) is 8.94. The molecule has 0 bridgehead atoms. The summed E-state index contributed by atoms with van der Waals surface area (Å²) >= 11 is 0. The van der Waals surface area contributed by atoms with Crippen molar-refractivity contribution in [2.45, 2.75) is 19.3 Å². The van der Waals surface area contributed by atoms with E-state index in [4.69, 9.17) is 29.9 Å². The van der Waals surface area contributed by atoms with Crippen molar-refractivity contribution in [2.75, 3.05) is 0 Å². The molecule has 0 amide bonds. The number of fused-ring (bicyclic) bond motifs is 6. The van der Waals surface area contributed by atoms with Crippen molar-refractivity contribution >= 4 is 60.5 Å². The number of nitrogens with zero attached hydrogens (tertiary/aromatic N) is 8. The summed E-state index contributed by atoms with van der Waals surface area (Å²) in [4.78, 5) is 31.1. The van der Waals surface area contributed by atoms with Gasteiger partial charge < -0.3 is 9.13 Å². The van der Waals surface area contributed by atoms with Crippen LogP contribution >= 0.6 is 0 Å². The number of para-hydroxylation sites is 5. The van der Waals surface area contributed by atoms with Crippen molar-refractivity contribution in [3.63, 3.8) is 0 Å². The third-order valence-corrected chi connectivity index (χ3v) is 18.7. The highest BCUT2D eigenvalue weighted by molar-refractivity contribution is 6.16. The van der Waals surface area contributed by atoms with Crippen molar-refractivity contribution in [3.8, 4) is 96.3 Å². The average molecular weight is 1240 g/mol. The molecule has 0 fully saturated rings. The molecule has 12 aromatic carbocycles. The molecule has 8 nitrogen and oxygen atoms in total. The first-order valence-electron chi connectivity index (χ1n) is 32.9. The SMILES string of the molecule is C=CC(=C)c1ccc(-c2nc(-c3ccccc3)nc(-c3ccccc3)n2)cc1-c1ccccc1Cc1cccc(-c2nc(-c3ccccc3)nc(-c3cccc(-c4cccc5c6cccc(C7=CC=C(n8c9ccccc9c9ccccc98)CC7)c6n(-c6ccccc6)c45)c3)n2)c1. The van der Waals surface area contributed by atoms with Gasteiger partial charge in [0.15, 0.2) is 34.9 Å². The van der Waals surface area contributed by atoms with Crippen molar-refractivity contribution in [1.29, 1.82) is 0 Å². The van der Waals surface area contributed by atoms with Gasteiger partial charge in [0.2, 0.25) is 0 Å². The fourth-order valence-electron chi connectivity index (χ4n) is 14.1. The number of aromatic nitrogens is 8. The maximum atomic E-state index is 5.38. The van der Waals surface area contributed by atoms with Crippen molar-refractivity contribution in [1.82, 2.24) is 39.0 Å². The maximum Gasteiger partial charge on any atom is 0.164 e. The van der Waals surface area contributed by atoms with Crippen LogP contribution in [-0.4, -0.2) is 39.0 Å².